The van der Waals surface area contributed by atoms with Gasteiger partial charge >= 0.3 is 0 Å². The Morgan fingerprint density at radius 1 is 1.15 bits per heavy atom. The van der Waals surface area contributed by atoms with Gasteiger partial charge in [-0.1, -0.05) is 36.4 Å². The third-order valence-electron chi connectivity index (χ3n) is 4.19. The minimum atomic E-state index is -0.567. The Balaban J connectivity index is 2.07. The van der Waals surface area contributed by atoms with Crippen molar-refractivity contribution < 1.29 is 19.1 Å². The molecular weight excluding hydrogens is 344 g/mol. The number of carbonyl (C=O) groups excluding carboxylic acids is 2. The van der Waals surface area contributed by atoms with Crippen molar-refractivity contribution in [3.63, 3.8) is 0 Å². The fourth-order valence-electron chi connectivity index (χ4n) is 2.49. The van der Waals surface area contributed by atoms with Gasteiger partial charge in [0.2, 0.25) is 5.91 Å². The standard InChI is InChI=1S/C21H24N2O4/c1-15(17-7-5-4-6-8-17)23(2)21(25)12-10-16-9-11-18(19(13-16)26-3)27-14-20(22)24/h4-13,15H,14H2,1-3H3,(H2,22,24)/b12-10+. The highest BCUT2D eigenvalue weighted by atomic mass is 16.5. The average molecular weight is 368 g/mol. The predicted molar refractivity (Wildman–Crippen MR) is 104 cm³/mol. The largest absolute Gasteiger partial charge is 0.493 e. The third kappa shape index (κ3) is 5.60. The molecule has 0 bridgehead atoms. The molecule has 0 spiro atoms. The van der Waals surface area contributed by atoms with E-state index < -0.39 is 5.91 Å². The second-order valence-electron chi connectivity index (χ2n) is 6.03. The smallest absolute Gasteiger partial charge is 0.255 e. The molecular formula is C21H24N2O4. The first-order chi connectivity index (χ1) is 12.9. The van der Waals surface area contributed by atoms with Crippen LogP contribution in [0.15, 0.2) is 54.6 Å². The topological polar surface area (TPSA) is 81.9 Å². The van der Waals surface area contributed by atoms with E-state index in [4.69, 9.17) is 15.2 Å². The lowest BCUT2D eigenvalue weighted by Crippen LogP contribution is -2.27. The van der Waals surface area contributed by atoms with Crippen molar-refractivity contribution in [1.82, 2.24) is 4.90 Å². The molecule has 0 fully saturated rings. The van der Waals surface area contributed by atoms with Crippen molar-refractivity contribution in [3.05, 3.63) is 65.7 Å². The summed E-state index contributed by atoms with van der Waals surface area (Å²) in [6, 6.07) is 15.0. The maximum Gasteiger partial charge on any atom is 0.255 e. The molecule has 0 radical (unpaired) electrons. The van der Waals surface area contributed by atoms with E-state index >= 15 is 0 Å². The van der Waals surface area contributed by atoms with Gasteiger partial charge in [-0.2, -0.15) is 0 Å². The Hall–Kier alpha value is -3.28. The molecule has 0 saturated heterocycles. The second-order valence-corrected chi connectivity index (χ2v) is 6.03. The monoisotopic (exact) mass is 368 g/mol. The number of likely N-dealkylation sites (N-methyl/N-ethyl adjacent to an activating group) is 1. The maximum atomic E-state index is 12.5. The quantitative estimate of drug-likeness (QED) is 0.727. The fraction of sp³-hybridized carbons (Fsp3) is 0.238. The lowest BCUT2D eigenvalue weighted by Gasteiger charge is -2.24. The molecule has 1 unspecified atom stereocenters. The SMILES string of the molecule is COc1cc(/C=C/C(=O)N(C)C(C)c2ccccc2)ccc1OCC(N)=O. The lowest BCUT2D eigenvalue weighted by molar-refractivity contribution is -0.126. The van der Waals surface area contributed by atoms with Crippen LogP contribution in [0.3, 0.4) is 0 Å². The van der Waals surface area contributed by atoms with E-state index in [0.29, 0.717) is 11.5 Å². The van der Waals surface area contributed by atoms with Crippen LogP contribution in [-0.4, -0.2) is 37.5 Å². The van der Waals surface area contributed by atoms with Crippen LogP contribution in [-0.2, 0) is 9.59 Å². The first-order valence-corrected chi connectivity index (χ1v) is 8.51. The molecule has 1 atom stereocenters. The zero-order valence-electron chi connectivity index (χ0n) is 15.7. The Bertz CT molecular complexity index is 818. The van der Waals surface area contributed by atoms with Crippen LogP contribution in [0, 0.1) is 0 Å². The summed E-state index contributed by atoms with van der Waals surface area (Å²) in [6.45, 7) is 1.75. The molecule has 2 amide bonds. The third-order valence-corrected chi connectivity index (χ3v) is 4.19. The minimum absolute atomic E-state index is 0.0394. The molecule has 0 saturated carbocycles. The zero-order valence-corrected chi connectivity index (χ0v) is 15.7. The van der Waals surface area contributed by atoms with Crippen LogP contribution in [0.25, 0.3) is 6.08 Å². The summed E-state index contributed by atoms with van der Waals surface area (Å²) in [5.74, 6) is 0.188. The van der Waals surface area contributed by atoms with Crippen molar-refractivity contribution in [3.8, 4) is 11.5 Å². The molecule has 0 aliphatic carbocycles. The number of ether oxygens (including phenoxy) is 2. The normalized spacial score (nSPS) is 11.8. The van der Waals surface area contributed by atoms with E-state index in [1.54, 1.807) is 36.2 Å². The number of primary amides is 1. The first kappa shape index (κ1) is 20.0. The van der Waals surface area contributed by atoms with E-state index in [2.05, 4.69) is 0 Å². The summed E-state index contributed by atoms with van der Waals surface area (Å²) < 4.78 is 10.6. The molecule has 2 N–H and O–H groups in total. The Morgan fingerprint density at radius 2 is 1.85 bits per heavy atom. The van der Waals surface area contributed by atoms with Crippen molar-refractivity contribution in [1.29, 1.82) is 0 Å². The van der Waals surface area contributed by atoms with Gasteiger partial charge in [0.1, 0.15) is 0 Å². The number of methoxy groups -OCH3 is 1. The molecule has 0 heterocycles. The van der Waals surface area contributed by atoms with E-state index in [-0.39, 0.29) is 18.6 Å². The van der Waals surface area contributed by atoms with Gasteiger partial charge in [-0.25, -0.2) is 0 Å². The number of hydrogen-bond donors (Lipinski definition) is 1. The Morgan fingerprint density at radius 3 is 2.48 bits per heavy atom. The second kappa shape index (κ2) is 9.43. The van der Waals surface area contributed by atoms with E-state index in [1.807, 2.05) is 37.3 Å². The molecule has 27 heavy (non-hydrogen) atoms. The highest BCUT2D eigenvalue weighted by Gasteiger charge is 2.15. The predicted octanol–water partition coefficient (Wildman–Crippen LogP) is 2.79. The van der Waals surface area contributed by atoms with Gasteiger partial charge in [0.05, 0.1) is 13.2 Å². The lowest BCUT2D eigenvalue weighted by atomic mass is 10.1. The summed E-state index contributed by atoms with van der Waals surface area (Å²) in [5.41, 5.74) is 6.92. The molecule has 2 aromatic carbocycles. The van der Waals surface area contributed by atoms with E-state index in [1.165, 1.54) is 13.2 Å². The molecule has 0 aliphatic heterocycles. The molecule has 2 rings (SSSR count). The maximum absolute atomic E-state index is 12.5. The molecule has 142 valence electrons. The molecule has 0 aliphatic rings. The Kier molecular flexibility index (Phi) is 7.00. The fourth-order valence-corrected chi connectivity index (χ4v) is 2.49. The van der Waals surface area contributed by atoms with Crippen molar-refractivity contribution in [2.24, 2.45) is 5.73 Å². The highest BCUT2D eigenvalue weighted by Crippen LogP contribution is 2.28. The van der Waals surface area contributed by atoms with Crippen molar-refractivity contribution in [2.75, 3.05) is 20.8 Å². The van der Waals surface area contributed by atoms with Gasteiger partial charge in [-0.15, -0.1) is 0 Å². The van der Waals surface area contributed by atoms with Crippen LogP contribution >= 0.6 is 0 Å². The summed E-state index contributed by atoms with van der Waals surface area (Å²) in [6.07, 6.45) is 3.22. The number of nitrogens with two attached hydrogens (primary N) is 1. The van der Waals surface area contributed by atoms with Crippen LogP contribution in [0.5, 0.6) is 11.5 Å². The Labute approximate surface area is 159 Å². The van der Waals surface area contributed by atoms with Gasteiger partial charge in [0.25, 0.3) is 5.91 Å². The number of benzene rings is 2. The number of hydrogen-bond acceptors (Lipinski definition) is 4. The van der Waals surface area contributed by atoms with Gasteiger partial charge in [0, 0.05) is 13.1 Å². The molecule has 6 nitrogen and oxygen atoms in total. The summed E-state index contributed by atoms with van der Waals surface area (Å²) in [4.78, 5) is 25.0. The average Bonchev–Trinajstić information content (AvgIpc) is 2.70. The van der Waals surface area contributed by atoms with Gasteiger partial charge in [-0.05, 0) is 36.3 Å². The van der Waals surface area contributed by atoms with Crippen LogP contribution in [0.1, 0.15) is 24.1 Å². The number of rotatable bonds is 8. The van der Waals surface area contributed by atoms with Crippen molar-refractivity contribution >= 4 is 17.9 Å². The minimum Gasteiger partial charge on any atom is -0.493 e. The number of nitrogens with zero attached hydrogens (tertiary/aromatic N) is 1. The van der Waals surface area contributed by atoms with Crippen LogP contribution in [0.2, 0.25) is 0 Å². The van der Waals surface area contributed by atoms with Gasteiger partial charge in [-0.3, -0.25) is 9.59 Å². The van der Waals surface area contributed by atoms with Gasteiger partial charge < -0.3 is 20.1 Å². The zero-order chi connectivity index (χ0) is 19.8. The molecule has 6 heteroatoms. The summed E-state index contributed by atoms with van der Waals surface area (Å²) in [7, 11) is 3.27. The summed E-state index contributed by atoms with van der Waals surface area (Å²) in [5, 5.41) is 0. The van der Waals surface area contributed by atoms with Crippen LogP contribution < -0.4 is 15.2 Å². The molecule has 2 aromatic rings. The van der Waals surface area contributed by atoms with E-state index in [0.717, 1.165) is 11.1 Å². The number of carbonyl (C=O) groups is 2. The van der Waals surface area contributed by atoms with Gasteiger partial charge in [0.15, 0.2) is 18.1 Å². The summed E-state index contributed by atoms with van der Waals surface area (Å²) >= 11 is 0. The number of amides is 2. The molecule has 0 aromatic heterocycles. The van der Waals surface area contributed by atoms with Crippen molar-refractivity contribution in [2.45, 2.75) is 13.0 Å². The first-order valence-electron chi connectivity index (χ1n) is 8.51. The van der Waals surface area contributed by atoms with E-state index in [9.17, 15) is 9.59 Å². The highest BCUT2D eigenvalue weighted by molar-refractivity contribution is 5.92. The van der Waals surface area contributed by atoms with Crippen LogP contribution in [0.4, 0.5) is 0 Å².